The average molecular weight is 284 g/mol. The van der Waals surface area contributed by atoms with Gasteiger partial charge in [0.15, 0.2) is 0 Å². The van der Waals surface area contributed by atoms with E-state index in [1.54, 1.807) is 0 Å². The number of pyridine rings is 1. The van der Waals surface area contributed by atoms with E-state index < -0.39 is 11.4 Å². The average Bonchev–Trinajstić information content (AvgIpc) is 2.81. The van der Waals surface area contributed by atoms with Crippen molar-refractivity contribution in [3.8, 4) is 0 Å². The lowest BCUT2D eigenvalue weighted by molar-refractivity contribution is -0.147. The number of para-hydroxylation sites is 1. The van der Waals surface area contributed by atoms with E-state index >= 15 is 0 Å². The largest absolute Gasteiger partial charge is 0.481 e. The molecule has 1 fully saturated rings. The number of aryl methyl sites for hydroxylation is 1. The van der Waals surface area contributed by atoms with Crippen molar-refractivity contribution in [2.24, 2.45) is 5.41 Å². The summed E-state index contributed by atoms with van der Waals surface area (Å²) >= 11 is 0. The van der Waals surface area contributed by atoms with Gasteiger partial charge in [-0.3, -0.25) is 14.7 Å². The van der Waals surface area contributed by atoms with Gasteiger partial charge in [-0.25, -0.2) is 0 Å². The Kier molecular flexibility index (Phi) is 3.41. The van der Waals surface area contributed by atoms with Crippen LogP contribution in [0.3, 0.4) is 0 Å². The fourth-order valence-corrected chi connectivity index (χ4v) is 3.13. The lowest BCUT2D eigenvalue weighted by Gasteiger charge is -2.20. The van der Waals surface area contributed by atoms with Gasteiger partial charge in [0.05, 0.1) is 10.9 Å². The molecule has 1 unspecified atom stereocenters. The molecule has 1 aromatic carbocycles. The van der Waals surface area contributed by atoms with Crippen molar-refractivity contribution >= 4 is 16.9 Å². The molecule has 4 heteroatoms. The Hall–Kier alpha value is -1.94. The summed E-state index contributed by atoms with van der Waals surface area (Å²) in [5.41, 5.74) is 2.63. The first-order chi connectivity index (χ1) is 9.98. The summed E-state index contributed by atoms with van der Waals surface area (Å²) in [7, 11) is 0. The van der Waals surface area contributed by atoms with E-state index in [-0.39, 0.29) is 0 Å². The van der Waals surface area contributed by atoms with Crippen LogP contribution in [0.4, 0.5) is 0 Å². The van der Waals surface area contributed by atoms with Crippen LogP contribution in [0.1, 0.15) is 24.6 Å². The van der Waals surface area contributed by atoms with Gasteiger partial charge in [0.25, 0.3) is 0 Å². The Balaban J connectivity index is 1.88. The van der Waals surface area contributed by atoms with E-state index in [1.165, 1.54) is 5.56 Å². The number of nitrogens with zero attached hydrogens (tertiary/aromatic N) is 2. The third kappa shape index (κ3) is 2.63. The molecule has 0 spiro atoms. The van der Waals surface area contributed by atoms with Gasteiger partial charge in [-0.05, 0) is 44.5 Å². The van der Waals surface area contributed by atoms with Crippen molar-refractivity contribution in [1.29, 1.82) is 0 Å². The first-order valence-corrected chi connectivity index (χ1v) is 7.29. The Morgan fingerprint density at radius 2 is 2.19 bits per heavy atom. The van der Waals surface area contributed by atoms with Crippen LogP contribution in [0, 0.1) is 12.3 Å². The molecular weight excluding hydrogens is 264 g/mol. The van der Waals surface area contributed by atoms with Gasteiger partial charge in [-0.2, -0.15) is 0 Å². The molecule has 2 heterocycles. The van der Waals surface area contributed by atoms with Gasteiger partial charge < -0.3 is 5.11 Å². The number of rotatable bonds is 3. The highest BCUT2D eigenvalue weighted by Crippen LogP contribution is 2.32. The number of carboxylic acid groups (broad SMARTS) is 1. The number of likely N-dealkylation sites (tertiary alicyclic amines) is 1. The number of aliphatic carboxylic acids is 1. The molecule has 2 aromatic rings. The van der Waals surface area contributed by atoms with Crippen LogP contribution in [-0.2, 0) is 11.3 Å². The lowest BCUT2D eigenvalue weighted by atomic mass is 9.90. The van der Waals surface area contributed by atoms with E-state index in [0.29, 0.717) is 13.0 Å². The summed E-state index contributed by atoms with van der Waals surface area (Å²) in [6.07, 6.45) is 0.713. The maximum absolute atomic E-state index is 11.4. The second-order valence-electron chi connectivity index (χ2n) is 6.27. The number of carbonyl (C=O) groups is 1. The standard InChI is InChI=1S/C17H20N2O2/c1-12-9-13(14-5-3-4-6-15(14)18-12)10-19-8-7-17(2,11-19)16(20)21/h3-6,9H,7-8,10-11H2,1-2H3,(H,20,21). The van der Waals surface area contributed by atoms with Crippen LogP contribution >= 0.6 is 0 Å². The predicted molar refractivity (Wildman–Crippen MR) is 82.1 cm³/mol. The molecule has 1 aromatic heterocycles. The molecule has 0 bridgehead atoms. The summed E-state index contributed by atoms with van der Waals surface area (Å²) < 4.78 is 0. The monoisotopic (exact) mass is 284 g/mol. The van der Waals surface area contributed by atoms with Gasteiger partial charge >= 0.3 is 5.97 Å². The van der Waals surface area contributed by atoms with E-state index in [4.69, 9.17) is 0 Å². The van der Waals surface area contributed by atoms with Crippen molar-refractivity contribution < 1.29 is 9.90 Å². The van der Waals surface area contributed by atoms with E-state index in [0.717, 1.165) is 29.7 Å². The first kappa shape index (κ1) is 14.0. The molecule has 0 aliphatic carbocycles. The van der Waals surface area contributed by atoms with E-state index in [9.17, 15) is 9.90 Å². The molecule has 0 amide bonds. The van der Waals surface area contributed by atoms with Crippen molar-refractivity contribution in [2.45, 2.75) is 26.8 Å². The molecule has 110 valence electrons. The van der Waals surface area contributed by atoms with Crippen LogP contribution in [0.25, 0.3) is 10.9 Å². The Labute approximate surface area is 124 Å². The Morgan fingerprint density at radius 3 is 2.90 bits per heavy atom. The molecule has 1 aliphatic rings. The lowest BCUT2D eigenvalue weighted by Crippen LogP contribution is -2.31. The highest BCUT2D eigenvalue weighted by molar-refractivity contribution is 5.82. The minimum absolute atomic E-state index is 0.609. The first-order valence-electron chi connectivity index (χ1n) is 7.29. The maximum atomic E-state index is 11.4. The topological polar surface area (TPSA) is 53.4 Å². The van der Waals surface area contributed by atoms with Crippen LogP contribution in [0.15, 0.2) is 30.3 Å². The highest BCUT2D eigenvalue weighted by atomic mass is 16.4. The number of carboxylic acids is 1. The Morgan fingerprint density at radius 1 is 1.43 bits per heavy atom. The molecule has 3 rings (SSSR count). The minimum atomic E-state index is -0.694. The van der Waals surface area contributed by atoms with Gasteiger partial charge in [0.1, 0.15) is 0 Å². The van der Waals surface area contributed by atoms with Crippen molar-refractivity contribution in [2.75, 3.05) is 13.1 Å². The van der Waals surface area contributed by atoms with Crippen molar-refractivity contribution in [1.82, 2.24) is 9.88 Å². The number of hydrogen-bond acceptors (Lipinski definition) is 3. The fourth-order valence-electron chi connectivity index (χ4n) is 3.13. The molecule has 4 nitrogen and oxygen atoms in total. The number of hydrogen-bond donors (Lipinski definition) is 1. The second-order valence-corrected chi connectivity index (χ2v) is 6.27. The zero-order valence-electron chi connectivity index (χ0n) is 12.5. The number of fused-ring (bicyclic) bond motifs is 1. The molecule has 0 radical (unpaired) electrons. The third-order valence-electron chi connectivity index (χ3n) is 4.39. The fraction of sp³-hybridized carbons (Fsp3) is 0.412. The van der Waals surface area contributed by atoms with Gasteiger partial charge in [-0.15, -0.1) is 0 Å². The zero-order valence-corrected chi connectivity index (χ0v) is 12.5. The molecule has 1 atom stereocenters. The molecular formula is C17H20N2O2. The van der Waals surface area contributed by atoms with Crippen molar-refractivity contribution in [3.63, 3.8) is 0 Å². The van der Waals surface area contributed by atoms with Gasteiger partial charge in [-0.1, -0.05) is 18.2 Å². The molecule has 1 N–H and O–H groups in total. The van der Waals surface area contributed by atoms with Gasteiger partial charge in [0, 0.05) is 24.2 Å². The number of aromatic nitrogens is 1. The molecule has 1 saturated heterocycles. The quantitative estimate of drug-likeness (QED) is 0.941. The van der Waals surface area contributed by atoms with E-state index in [1.807, 2.05) is 32.0 Å². The van der Waals surface area contributed by atoms with Crippen LogP contribution in [-0.4, -0.2) is 34.0 Å². The molecule has 21 heavy (non-hydrogen) atoms. The van der Waals surface area contributed by atoms with Crippen LogP contribution in [0.2, 0.25) is 0 Å². The summed E-state index contributed by atoms with van der Waals surface area (Å²) in [6, 6.07) is 10.2. The number of benzene rings is 1. The Bertz CT molecular complexity index is 698. The predicted octanol–water partition coefficient (Wildman–Crippen LogP) is 2.84. The van der Waals surface area contributed by atoms with Gasteiger partial charge in [0.2, 0.25) is 0 Å². The molecule has 1 aliphatic heterocycles. The summed E-state index contributed by atoms with van der Waals surface area (Å²) in [5.74, 6) is -0.694. The summed E-state index contributed by atoms with van der Waals surface area (Å²) in [5, 5.41) is 10.5. The second kappa shape index (κ2) is 5.11. The van der Waals surface area contributed by atoms with Crippen molar-refractivity contribution in [3.05, 3.63) is 41.6 Å². The smallest absolute Gasteiger partial charge is 0.310 e. The molecule has 0 saturated carbocycles. The zero-order chi connectivity index (χ0) is 15.0. The SMILES string of the molecule is Cc1cc(CN2CCC(C)(C(=O)O)C2)c2ccccc2n1. The third-order valence-corrected chi connectivity index (χ3v) is 4.39. The highest BCUT2D eigenvalue weighted by Gasteiger charge is 2.40. The normalized spacial score (nSPS) is 22.8. The summed E-state index contributed by atoms with van der Waals surface area (Å²) in [4.78, 5) is 18.1. The summed E-state index contributed by atoms with van der Waals surface area (Å²) in [6.45, 7) is 6.07. The maximum Gasteiger partial charge on any atom is 0.310 e. The van der Waals surface area contributed by atoms with Crippen LogP contribution < -0.4 is 0 Å². The minimum Gasteiger partial charge on any atom is -0.481 e. The van der Waals surface area contributed by atoms with E-state index in [2.05, 4.69) is 22.0 Å². The van der Waals surface area contributed by atoms with Crippen LogP contribution in [0.5, 0.6) is 0 Å².